The number of hydrogen-bond donors (Lipinski definition) is 1. The van der Waals surface area contributed by atoms with Crippen LogP contribution in [0.1, 0.15) is 0 Å². The van der Waals surface area contributed by atoms with Gasteiger partial charge in [0.25, 0.3) is 0 Å². The predicted molar refractivity (Wildman–Crippen MR) is 54.2 cm³/mol. The minimum atomic E-state index is 0.747. The highest BCUT2D eigenvalue weighted by molar-refractivity contribution is 7.99. The lowest BCUT2D eigenvalue weighted by atomic mass is 10.4. The van der Waals surface area contributed by atoms with E-state index in [0.29, 0.717) is 0 Å². The normalized spacial score (nSPS) is 10.2. The maximum absolute atomic E-state index is 5.84. The Labute approximate surface area is 85.3 Å². The van der Waals surface area contributed by atoms with Crippen molar-refractivity contribution in [3.05, 3.63) is 41.7 Å². The highest BCUT2D eigenvalue weighted by atomic mass is 35.5. The molecule has 2 aromatic rings. The molecule has 0 aliphatic carbocycles. The molecule has 0 aliphatic heterocycles. The quantitative estimate of drug-likeness (QED) is 0.825. The van der Waals surface area contributed by atoms with Gasteiger partial charge in [-0.25, -0.2) is 4.98 Å². The van der Waals surface area contributed by atoms with Crippen molar-refractivity contribution in [2.24, 2.45) is 0 Å². The zero-order valence-electron chi connectivity index (χ0n) is 6.70. The summed E-state index contributed by atoms with van der Waals surface area (Å²) in [6, 6.07) is 7.69. The van der Waals surface area contributed by atoms with Crippen LogP contribution in [0.2, 0.25) is 5.02 Å². The number of halogens is 1. The monoisotopic (exact) mass is 210 g/mol. The molecule has 0 atom stereocenters. The van der Waals surface area contributed by atoms with Gasteiger partial charge in [-0.05, 0) is 18.2 Å². The van der Waals surface area contributed by atoms with Gasteiger partial charge in [0.05, 0.1) is 0 Å². The Morgan fingerprint density at radius 1 is 1.38 bits per heavy atom. The second-order valence-corrected chi connectivity index (χ2v) is 3.95. The molecule has 1 heterocycles. The van der Waals surface area contributed by atoms with Crippen LogP contribution in [0.25, 0.3) is 0 Å². The number of imidazole rings is 1. The molecule has 13 heavy (non-hydrogen) atoms. The van der Waals surface area contributed by atoms with Crippen LogP contribution in [0.3, 0.4) is 0 Å². The third kappa shape index (κ3) is 2.26. The molecule has 0 bridgehead atoms. The van der Waals surface area contributed by atoms with Gasteiger partial charge in [0.2, 0.25) is 0 Å². The Hall–Kier alpha value is -0.930. The summed E-state index contributed by atoms with van der Waals surface area (Å²) in [6.45, 7) is 0. The number of aromatic amines is 1. The molecule has 0 radical (unpaired) electrons. The van der Waals surface area contributed by atoms with E-state index in [9.17, 15) is 0 Å². The Morgan fingerprint density at radius 2 is 2.31 bits per heavy atom. The second-order valence-electron chi connectivity index (χ2n) is 2.45. The third-order valence-electron chi connectivity index (χ3n) is 1.48. The highest BCUT2D eigenvalue weighted by Crippen LogP contribution is 2.26. The SMILES string of the molecule is Clc1cccc(Sc2ncc[nH]2)c1. The van der Waals surface area contributed by atoms with E-state index < -0.39 is 0 Å². The first-order valence-corrected chi connectivity index (χ1v) is 4.97. The first-order chi connectivity index (χ1) is 6.34. The van der Waals surface area contributed by atoms with Gasteiger partial charge in [-0.2, -0.15) is 0 Å². The minimum absolute atomic E-state index is 0.747. The van der Waals surface area contributed by atoms with E-state index in [2.05, 4.69) is 9.97 Å². The van der Waals surface area contributed by atoms with Crippen molar-refractivity contribution in [2.75, 3.05) is 0 Å². The van der Waals surface area contributed by atoms with E-state index in [4.69, 9.17) is 11.6 Å². The molecule has 1 aromatic heterocycles. The van der Waals surface area contributed by atoms with Gasteiger partial charge < -0.3 is 4.98 Å². The summed E-state index contributed by atoms with van der Waals surface area (Å²) in [6.07, 6.45) is 3.53. The summed E-state index contributed by atoms with van der Waals surface area (Å²) in [7, 11) is 0. The summed E-state index contributed by atoms with van der Waals surface area (Å²) in [5, 5.41) is 1.62. The molecule has 0 unspecified atom stereocenters. The molecular formula is C9H7ClN2S. The van der Waals surface area contributed by atoms with Crippen LogP contribution in [0.15, 0.2) is 46.7 Å². The molecule has 0 saturated carbocycles. The van der Waals surface area contributed by atoms with Crippen LogP contribution in [0.4, 0.5) is 0 Å². The minimum Gasteiger partial charge on any atom is -0.339 e. The lowest BCUT2D eigenvalue weighted by Crippen LogP contribution is -1.74. The first-order valence-electron chi connectivity index (χ1n) is 3.77. The number of H-pyrrole nitrogens is 1. The number of nitrogens with zero attached hydrogens (tertiary/aromatic N) is 1. The smallest absolute Gasteiger partial charge is 0.170 e. The van der Waals surface area contributed by atoms with Crippen molar-refractivity contribution in [1.29, 1.82) is 0 Å². The highest BCUT2D eigenvalue weighted by Gasteiger charge is 1.98. The van der Waals surface area contributed by atoms with Crippen molar-refractivity contribution in [3.8, 4) is 0 Å². The summed E-state index contributed by atoms with van der Waals surface area (Å²) in [5.41, 5.74) is 0. The van der Waals surface area contributed by atoms with Gasteiger partial charge in [-0.3, -0.25) is 0 Å². The van der Waals surface area contributed by atoms with Crippen molar-refractivity contribution in [3.63, 3.8) is 0 Å². The van der Waals surface area contributed by atoms with E-state index >= 15 is 0 Å². The Bertz CT molecular complexity index is 386. The fourth-order valence-corrected chi connectivity index (χ4v) is 2.00. The fourth-order valence-electron chi connectivity index (χ4n) is 0.949. The molecular weight excluding hydrogens is 204 g/mol. The molecule has 1 aromatic carbocycles. The van der Waals surface area contributed by atoms with Crippen molar-refractivity contribution < 1.29 is 0 Å². The molecule has 0 spiro atoms. The Balaban J connectivity index is 2.19. The van der Waals surface area contributed by atoms with E-state index in [0.717, 1.165) is 15.1 Å². The largest absolute Gasteiger partial charge is 0.339 e. The molecule has 0 saturated heterocycles. The van der Waals surface area contributed by atoms with Crippen LogP contribution < -0.4 is 0 Å². The van der Waals surface area contributed by atoms with E-state index in [1.54, 1.807) is 24.2 Å². The zero-order valence-corrected chi connectivity index (χ0v) is 8.27. The molecule has 2 rings (SSSR count). The number of rotatable bonds is 2. The number of nitrogens with one attached hydrogen (secondary N) is 1. The van der Waals surface area contributed by atoms with E-state index in [-0.39, 0.29) is 0 Å². The lowest BCUT2D eigenvalue weighted by molar-refractivity contribution is 1.06. The van der Waals surface area contributed by atoms with E-state index in [1.807, 2.05) is 24.3 Å². The maximum Gasteiger partial charge on any atom is 0.170 e. The van der Waals surface area contributed by atoms with Crippen LogP contribution in [-0.4, -0.2) is 9.97 Å². The summed E-state index contributed by atoms with van der Waals surface area (Å²) < 4.78 is 0. The summed E-state index contributed by atoms with van der Waals surface area (Å²) >= 11 is 7.40. The van der Waals surface area contributed by atoms with E-state index in [1.165, 1.54) is 0 Å². The molecule has 1 N–H and O–H groups in total. The van der Waals surface area contributed by atoms with Crippen molar-refractivity contribution >= 4 is 23.4 Å². The number of aromatic nitrogens is 2. The average Bonchev–Trinajstić information content (AvgIpc) is 2.57. The Morgan fingerprint density at radius 3 is 3.00 bits per heavy atom. The number of hydrogen-bond acceptors (Lipinski definition) is 2. The van der Waals surface area contributed by atoms with Gasteiger partial charge in [0.1, 0.15) is 0 Å². The molecule has 0 fully saturated rings. The lowest BCUT2D eigenvalue weighted by Gasteiger charge is -1.97. The van der Waals surface area contributed by atoms with Crippen LogP contribution in [-0.2, 0) is 0 Å². The summed E-state index contributed by atoms with van der Waals surface area (Å²) in [4.78, 5) is 8.20. The van der Waals surface area contributed by atoms with Crippen LogP contribution in [0, 0.1) is 0 Å². The fraction of sp³-hybridized carbons (Fsp3) is 0. The van der Waals surface area contributed by atoms with Gasteiger partial charge in [0.15, 0.2) is 5.16 Å². The van der Waals surface area contributed by atoms with Gasteiger partial charge in [-0.1, -0.05) is 29.4 Å². The third-order valence-corrected chi connectivity index (χ3v) is 2.63. The molecule has 2 nitrogen and oxygen atoms in total. The maximum atomic E-state index is 5.84. The summed E-state index contributed by atoms with van der Waals surface area (Å²) in [5.74, 6) is 0. The first kappa shape index (κ1) is 8.66. The zero-order chi connectivity index (χ0) is 9.10. The average molecular weight is 211 g/mol. The van der Waals surface area contributed by atoms with Crippen molar-refractivity contribution in [2.45, 2.75) is 10.1 Å². The van der Waals surface area contributed by atoms with Crippen LogP contribution in [0.5, 0.6) is 0 Å². The standard InChI is InChI=1S/C9H7ClN2S/c10-7-2-1-3-8(6-7)13-9-11-4-5-12-9/h1-6H,(H,11,12). The van der Waals surface area contributed by atoms with Gasteiger partial charge >= 0.3 is 0 Å². The van der Waals surface area contributed by atoms with Gasteiger partial charge in [-0.15, -0.1) is 0 Å². The van der Waals surface area contributed by atoms with Crippen molar-refractivity contribution in [1.82, 2.24) is 9.97 Å². The second kappa shape index (κ2) is 3.85. The molecule has 0 aliphatic rings. The molecule has 4 heteroatoms. The van der Waals surface area contributed by atoms with Gasteiger partial charge in [0, 0.05) is 22.3 Å². The molecule has 0 amide bonds. The topological polar surface area (TPSA) is 28.7 Å². The molecule has 66 valence electrons. The number of benzene rings is 1. The Kier molecular flexibility index (Phi) is 2.57. The predicted octanol–water partition coefficient (Wildman–Crippen LogP) is 3.21. The van der Waals surface area contributed by atoms with Crippen LogP contribution >= 0.6 is 23.4 Å².